The second kappa shape index (κ2) is 9.38. The number of aryl methyl sites for hydroxylation is 1. The number of hydrogen-bond donors (Lipinski definition) is 2. The molecule has 1 aliphatic heterocycles. The van der Waals surface area contributed by atoms with E-state index < -0.39 is 5.54 Å². The zero-order valence-electron chi connectivity index (χ0n) is 15.3. The summed E-state index contributed by atoms with van der Waals surface area (Å²) in [6.45, 7) is 1.81. The van der Waals surface area contributed by atoms with E-state index in [9.17, 15) is 9.59 Å². The van der Waals surface area contributed by atoms with Crippen molar-refractivity contribution >= 4 is 29.9 Å². The molecule has 0 bridgehead atoms. The average molecular weight is 380 g/mol. The van der Waals surface area contributed by atoms with Crippen molar-refractivity contribution in [3.8, 4) is 0 Å². The van der Waals surface area contributed by atoms with Crippen LogP contribution in [0.15, 0.2) is 24.3 Å². The Labute approximate surface area is 162 Å². The Balaban J connectivity index is 0.00000243. The Morgan fingerprint density at radius 2 is 1.62 bits per heavy atom. The van der Waals surface area contributed by atoms with Crippen LogP contribution in [0, 0.1) is 0 Å². The van der Waals surface area contributed by atoms with Gasteiger partial charge in [0.2, 0.25) is 11.8 Å². The van der Waals surface area contributed by atoms with Crippen LogP contribution in [0.4, 0.5) is 5.69 Å². The van der Waals surface area contributed by atoms with Crippen molar-refractivity contribution in [2.24, 2.45) is 5.73 Å². The van der Waals surface area contributed by atoms with Gasteiger partial charge in [-0.25, -0.2) is 0 Å². The number of nitrogens with two attached hydrogens (primary N) is 1. The van der Waals surface area contributed by atoms with Gasteiger partial charge in [0.05, 0.1) is 5.54 Å². The smallest absolute Gasteiger partial charge is 0.244 e. The van der Waals surface area contributed by atoms with Crippen molar-refractivity contribution in [2.45, 2.75) is 63.3 Å². The van der Waals surface area contributed by atoms with Crippen LogP contribution in [-0.4, -0.2) is 35.3 Å². The summed E-state index contributed by atoms with van der Waals surface area (Å²) in [5, 5.41) is 2.95. The summed E-state index contributed by atoms with van der Waals surface area (Å²) in [5.74, 6) is 0.168. The van der Waals surface area contributed by atoms with Gasteiger partial charge in [0.15, 0.2) is 0 Å². The van der Waals surface area contributed by atoms with E-state index in [0.29, 0.717) is 6.42 Å². The van der Waals surface area contributed by atoms with Crippen molar-refractivity contribution in [3.05, 3.63) is 29.8 Å². The molecule has 0 aromatic heterocycles. The minimum atomic E-state index is -0.723. The third kappa shape index (κ3) is 5.21. The van der Waals surface area contributed by atoms with E-state index in [2.05, 4.69) is 5.32 Å². The molecule has 6 heteroatoms. The van der Waals surface area contributed by atoms with Crippen molar-refractivity contribution in [1.29, 1.82) is 0 Å². The second-order valence-corrected chi connectivity index (χ2v) is 7.46. The van der Waals surface area contributed by atoms with Crippen LogP contribution in [0.1, 0.15) is 56.9 Å². The third-order valence-corrected chi connectivity index (χ3v) is 5.50. The predicted molar refractivity (Wildman–Crippen MR) is 106 cm³/mol. The van der Waals surface area contributed by atoms with Gasteiger partial charge in [-0.1, -0.05) is 31.4 Å². The van der Waals surface area contributed by atoms with Crippen LogP contribution in [0.25, 0.3) is 0 Å². The van der Waals surface area contributed by atoms with Crippen LogP contribution in [-0.2, 0) is 16.0 Å². The van der Waals surface area contributed by atoms with Crippen LogP contribution in [0.5, 0.6) is 0 Å². The maximum atomic E-state index is 12.4. The first-order valence-corrected chi connectivity index (χ1v) is 9.54. The molecule has 2 amide bonds. The van der Waals surface area contributed by atoms with E-state index in [1.165, 1.54) is 0 Å². The molecule has 1 aliphatic carbocycles. The van der Waals surface area contributed by atoms with Crippen LogP contribution in [0.3, 0.4) is 0 Å². The minimum absolute atomic E-state index is 0. The van der Waals surface area contributed by atoms with Gasteiger partial charge < -0.3 is 16.0 Å². The molecule has 5 nitrogen and oxygen atoms in total. The number of rotatable bonds is 5. The Morgan fingerprint density at radius 1 is 1.00 bits per heavy atom. The van der Waals surface area contributed by atoms with Gasteiger partial charge in [-0.15, -0.1) is 12.4 Å². The van der Waals surface area contributed by atoms with Gasteiger partial charge in [-0.3, -0.25) is 9.59 Å². The van der Waals surface area contributed by atoms with E-state index in [0.717, 1.165) is 75.7 Å². The molecule has 1 saturated heterocycles. The van der Waals surface area contributed by atoms with Crippen molar-refractivity contribution in [2.75, 3.05) is 18.4 Å². The summed E-state index contributed by atoms with van der Waals surface area (Å²) in [7, 11) is 0. The molecule has 3 rings (SSSR count). The quantitative estimate of drug-likeness (QED) is 0.824. The largest absolute Gasteiger partial charge is 0.343 e. The molecule has 1 saturated carbocycles. The Bertz CT molecular complexity index is 606. The summed E-state index contributed by atoms with van der Waals surface area (Å²) < 4.78 is 0. The molecular weight excluding hydrogens is 350 g/mol. The number of hydrogen-bond acceptors (Lipinski definition) is 3. The van der Waals surface area contributed by atoms with Crippen molar-refractivity contribution in [3.63, 3.8) is 0 Å². The van der Waals surface area contributed by atoms with Crippen LogP contribution >= 0.6 is 12.4 Å². The first-order chi connectivity index (χ1) is 12.1. The zero-order chi connectivity index (χ0) is 17.7. The lowest BCUT2D eigenvalue weighted by molar-refractivity contribution is -0.130. The number of carbonyl (C=O) groups is 2. The maximum Gasteiger partial charge on any atom is 0.244 e. The molecule has 0 spiro atoms. The standard InChI is InChI=1S/C20H29N3O2.ClH/c21-20(12-2-1-3-13-20)19(25)22-17-9-6-16(7-10-17)8-11-18(24)23-14-4-5-15-23;/h6-7,9-10H,1-5,8,11-15,21H2,(H,22,25);1H. The Morgan fingerprint density at radius 3 is 2.23 bits per heavy atom. The lowest BCUT2D eigenvalue weighted by Crippen LogP contribution is -2.52. The minimum Gasteiger partial charge on any atom is -0.343 e. The van der Waals surface area contributed by atoms with Gasteiger partial charge >= 0.3 is 0 Å². The van der Waals surface area contributed by atoms with Crippen LogP contribution in [0.2, 0.25) is 0 Å². The molecule has 0 radical (unpaired) electrons. The number of carbonyl (C=O) groups excluding carboxylic acids is 2. The molecule has 1 aromatic rings. The monoisotopic (exact) mass is 379 g/mol. The number of benzene rings is 1. The average Bonchev–Trinajstić information content (AvgIpc) is 3.16. The fourth-order valence-corrected chi connectivity index (χ4v) is 3.80. The van der Waals surface area contributed by atoms with Gasteiger partial charge in [0, 0.05) is 25.2 Å². The Kier molecular flexibility index (Phi) is 7.47. The second-order valence-electron chi connectivity index (χ2n) is 7.46. The number of halogens is 1. The van der Waals surface area contributed by atoms with Crippen molar-refractivity contribution in [1.82, 2.24) is 4.90 Å². The number of anilines is 1. The van der Waals surface area contributed by atoms with Crippen LogP contribution < -0.4 is 11.1 Å². The highest BCUT2D eigenvalue weighted by Crippen LogP contribution is 2.27. The normalized spacial score (nSPS) is 18.9. The van der Waals surface area contributed by atoms with E-state index in [1.807, 2.05) is 29.2 Å². The number of nitrogens with one attached hydrogen (secondary N) is 1. The highest BCUT2D eigenvalue weighted by atomic mass is 35.5. The molecular formula is C20H30ClN3O2. The first kappa shape index (κ1) is 20.7. The molecule has 2 fully saturated rings. The molecule has 0 atom stereocenters. The molecule has 2 aliphatic rings. The fraction of sp³-hybridized carbons (Fsp3) is 0.600. The summed E-state index contributed by atoms with van der Waals surface area (Å²) in [6, 6.07) is 7.77. The fourth-order valence-electron chi connectivity index (χ4n) is 3.80. The van der Waals surface area contributed by atoms with E-state index in [1.54, 1.807) is 0 Å². The molecule has 1 heterocycles. The topological polar surface area (TPSA) is 75.4 Å². The number of amides is 2. The molecule has 3 N–H and O–H groups in total. The van der Waals surface area contributed by atoms with E-state index >= 15 is 0 Å². The molecule has 1 aromatic carbocycles. The highest BCUT2D eigenvalue weighted by Gasteiger charge is 2.35. The molecule has 0 unspecified atom stereocenters. The zero-order valence-corrected chi connectivity index (χ0v) is 16.2. The highest BCUT2D eigenvalue weighted by molar-refractivity contribution is 5.98. The van der Waals surface area contributed by atoms with Crippen molar-refractivity contribution < 1.29 is 9.59 Å². The molecule has 144 valence electrons. The predicted octanol–water partition coefficient (Wildman–Crippen LogP) is 3.26. The lowest BCUT2D eigenvalue weighted by atomic mass is 9.82. The van der Waals surface area contributed by atoms with Gasteiger partial charge in [0.25, 0.3) is 0 Å². The lowest BCUT2D eigenvalue weighted by Gasteiger charge is -2.31. The number of likely N-dealkylation sites (tertiary alicyclic amines) is 1. The first-order valence-electron chi connectivity index (χ1n) is 9.54. The maximum absolute atomic E-state index is 12.4. The SMILES string of the molecule is Cl.NC1(C(=O)Nc2ccc(CCC(=O)N3CCCC3)cc2)CCCCC1. The van der Waals surface area contributed by atoms with Gasteiger partial charge in [-0.05, 0) is 49.8 Å². The van der Waals surface area contributed by atoms with Gasteiger partial charge in [-0.2, -0.15) is 0 Å². The summed E-state index contributed by atoms with van der Waals surface area (Å²) in [6.07, 6.45) is 8.28. The van der Waals surface area contributed by atoms with Gasteiger partial charge in [0.1, 0.15) is 0 Å². The third-order valence-electron chi connectivity index (χ3n) is 5.50. The number of nitrogens with zero attached hydrogens (tertiary/aromatic N) is 1. The van der Waals surface area contributed by atoms with E-state index in [-0.39, 0.29) is 24.2 Å². The Hall–Kier alpha value is -1.59. The summed E-state index contributed by atoms with van der Waals surface area (Å²) >= 11 is 0. The van der Waals surface area contributed by atoms with E-state index in [4.69, 9.17) is 5.73 Å². The molecule has 26 heavy (non-hydrogen) atoms. The summed E-state index contributed by atoms with van der Waals surface area (Å²) in [5.41, 5.74) is 7.43. The summed E-state index contributed by atoms with van der Waals surface area (Å²) in [4.78, 5) is 26.5.